The van der Waals surface area contributed by atoms with Crippen LogP contribution in [0.5, 0.6) is 0 Å². The van der Waals surface area contributed by atoms with Crippen LogP contribution in [0.1, 0.15) is 12.8 Å². The van der Waals surface area contributed by atoms with Crippen molar-refractivity contribution in [3.63, 3.8) is 0 Å². The number of carbonyl (C=O) groups is 5. The molecule has 0 aromatic heterocycles. The van der Waals surface area contributed by atoms with Crippen LogP contribution in [-0.2, 0) is 31.5 Å². The van der Waals surface area contributed by atoms with Crippen LogP contribution in [0.2, 0.25) is 0 Å². The monoisotopic (exact) mass is 399 g/mol. The summed E-state index contributed by atoms with van der Waals surface area (Å²) in [6.07, 6.45) is -6.71. The zero-order valence-electron chi connectivity index (χ0n) is 11.2. The molecular weight excluding hydrogens is 391 g/mol. The fourth-order valence-corrected chi connectivity index (χ4v) is 0.714. The molecule has 0 heterocycles. The third kappa shape index (κ3) is 33.3. The molecule has 0 aromatic carbocycles. The van der Waals surface area contributed by atoms with Gasteiger partial charge in [-0.25, -0.2) is 4.79 Å². The number of rotatable bonds is 5. The number of carboxylic acid groups (broad SMARTS) is 7. The first kappa shape index (κ1) is 33.1. The molecule has 23 heavy (non-hydrogen) atoms. The van der Waals surface area contributed by atoms with Gasteiger partial charge in [-0.15, -0.1) is 0 Å². The summed E-state index contributed by atoms with van der Waals surface area (Å²) < 4.78 is 0. The summed E-state index contributed by atoms with van der Waals surface area (Å²) in [7, 11) is 0. The van der Waals surface area contributed by atoms with Crippen LogP contribution in [0.25, 0.3) is 0 Å². The predicted octanol–water partition coefficient (Wildman–Crippen LogP) is -7.81. The Morgan fingerprint density at radius 2 is 0.957 bits per heavy atom. The Morgan fingerprint density at radius 1 is 0.783 bits per heavy atom. The Morgan fingerprint density at radius 3 is 1.04 bits per heavy atom. The van der Waals surface area contributed by atoms with Crippen molar-refractivity contribution in [3.05, 3.63) is 0 Å². The summed E-state index contributed by atoms with van der Waals surface area (Å²) in [6.45, 7) is 0. The van der Waals surface area contributed by atoms with Gasteiger partial charge in [0.2, 0.25) is 6.16 Å². The SMILES string of the molecule is O=C(O)CC(O)(CC(=O)O)C(=O)O.O=C([O-])O.O=C([O-])[O-].[Cu+2].[Na+]. The van der Waals surface area contributed by atoms with E-state index in [0.29, 0.717) is 0 Å². The zero-order valence-corrected chi connectivity index (χ0v) is 14.2. The van der Waals surface area contributed by atoms with E-state index in [2.05, 4.69) is 0 Å². The minimum Gasteiger partial charge on any atom is -0.652 e. The van der Waals surface area contributed by atoms with Crippen LogP contribution in [0.3, 0.4) is 0 Å². The minimum absolute atomic E-state index is 0. The van der Waals surface area contributed by atoms with Crippen molar-refractivity contribution in [1.82, 2.24) is 0 Å². The first-order valence-electron chi connectivity index (χ1n) is 4.42. The Hall–Kier alpha value is -1.57. The summed E-state index contributed by atoms with van der Waals surface area (Å²) >= 11 is 0. The Labute approximate surface area is 159 Å². The number of carboxylic acids is 3. The largest absolute Gasteiger partial charge is 2.00 e. The quantitative estimate of drug-likeness (QED) is 0.269. The van der Waals surface area contributed by atoms with Crippen molar-refractivity contribution >= 4 is 30.2 Å². The van der Waals surface area contributed by atoms with Gasteiger partial charge in [-0.2, -0.15) is 0 Å². The van der Waals surface area contributed by atoms with Crippen LogP contribution in [0.4, 0.5) is 9.59 Å². The number of carbonyl (C=O) groups excluding carboxylic acids is 1. The van der Waals surface area contributed by atoms with E-state index in [-0.39, 0.29) is 46.6 Å². The topological polar surface area (TPSA) is 256 Å². The minimum atomic E-state index is -2.74. The Kier molecular flexibility index (Phi) is 24.2. The van der Waals surface area contributed by atoms with Crippen LogP contribution in [0, 0.1) is 0 Å². The maximum absolute atomic E-state index is 10.3. The second-order valence-corrected chi connectivity index (χ2v) is 2.99. The molecule has 5 N–H and O–H groups in total. The van der Waals surface area contributed by atoms with Crippen molar-refractivity contribution in [2.24, 2.45) is 0 Å². The van der Waals surface area contributed by atoms with Gasteiger partial charge in [0.15, 0.2) is 5.60 Å². The van der Waals surface area contributed by atoms with Crippen molar-refractivity contribution in [2.45, 2.75) is 18.4 Å². The molecule has 0 bridgehead atoms. The van der Waals surface area contributed by atoms with Gasteiger partial charge in [0, 0.05) is 0 Å². The van der Waals surface area contributed by atoms with Gasteiger partial charge in [-0.05, 0) is 6.16 Å². The molecule has 0 spiro atoms. The molecule has 0 aromatic rings. The van der Waals surface area contributed by atoms with Gasteiger partial charge in [0.05, 0.1) is 12.8 Å². The molecule has 0 aliphatic rings. The molecule has 0 aliphatic heterocycles. The van der Waals surface area contributed by atoms with E-state index >= 15 is 0 Å². The Bertz CT molecular complexity index is 373. The van der Waals surface area contributed by atoms with E-state index in [1.807, 2.05) is 0 Å². The number of aliphatic hydroxyl groups is 1. The van der Waals surface area contributed by atoms with Gasteiger partial charge in [0.1, 0.15) is 0 Å². The van der Waals surface area contributed by atoms with E-state index in [4.69, 9.17) is 50.4 Å². The van der Waals surface area contributed by atoms with Gasteiger partial charge in [-0.3, -0.25) is 9.59 Å². The standard InChI is InChI=1S/C6H8O7.2CH2O3.Cu.Na/c7-3(8)1-6(13,5(11)12)2-4(9)10;2*2-1(3)4;;/h13H,1-2H2,(H,7,8)(H,9,10)(H,11,12);2*(H2,2,3,4);;/q;;;+2;+1/p-3. The molecule has 0 unspecified atom stereocenters. The average Bonchev–Trinajstić information content (AvgIpc) is 2.11. The molecule has 131 valence electrons. The molecule has 0 amide bonds. The summed E-state index contributed by atoms with van der Waals surface area (Å²) in [6, 6.07) is 0. The first-order chi connectivity index (χ1) is 9.24. The van der Waals surface area contributed by atoms with Crippen molar-refractivity contribution in [2.75, 3.05) is 0 Å². The molecule has 0 saturated carbocycles. The van der Waals surface area contributed by atoms with Gasteiger partial charge >= 0.3 is 64.5 Å². The van der Waals surface area contributed by atoms with Crippen LogP contribution in [-0.4, -0.2) is 61.4 Å². The molecule has 1 radical (unpaired) electrons. The molecule has 0 saturated heterocycles. The fraction of sp³-hybridized carbons (Fsp3) is 0.375. The Balaban J connectivity index is -0.0000000909. The first-order valence-corrected chi connectivity index (χ1v) is 4.42. The van der Waals surface area contributed by atoms with Gasteiger partial charge < -0.3 is 50.4 Å². The summed E-state index contributed by atoms with van der Waals surface area (Å²) in [5.41, 5.74) is -2.74. The maximum Gasteiger partial charge on any atom is 2.00 e. The summed E-state index contributed by atoms with van der Waals surface area (Å²) in [4.78, 5) is 47.3. The molecule has 0 rings (SSSR count). The number of hydrogen-bond acceptors (Lipinski definition) is 9. The second-order valence-electron chi connectivity index (χ2n) is 2.99. The van der Waals surface area contributed by atoms with Crippen LogP contribution < -0.4 is 44.9 Å². The molecule has 0 atom stereocenters. The summed E-state index contributed by atoms with van der Waals surface area (Å²) in [5, 5.41) is 65.8. The smallest absolute Gasteiger partial charge is 0.652 e. The number of hydrogen-bond donors (Lipinski definition) is 5. The van der Waals surface area contributed by atoms with Crippen LogP contribution in [0.15, 0.2) is 0 Å². The molecular formula is C8H9CuNaO13. The van der Waals surface area contributed by atoms with Crippen molar-refractivity contribution in [3.8, 4) is 0 Å². The third-order valence-electron chi connectivity index (χ3n) is 1.29. The average molecular weight is 400 g/mol. The molecule has 0 fully saturated rings. The summed E-state index contributed by atoms with van der Waals surface area (Å²) in [5.74, 6) is -5.02. The van der Waals surface area contributed by atoms with E-state index in [9.17, 15) is 14.4 Å². The van der Waals surface area contributed by atoms with E-state index in [0.717, 1.165) is 0 Å². The number of aliphatic carboxylic acids is 3. The van der Waals surface area contributed by atoms with E-state index < -0.39 is 48.7 Å². The molecule has 15 heteroatoms. The third-order valence-corrected chi connectivity index (χ3v) is 1.29. The van der Waals surface area contributed by atoms with E-state index in [1.165, 1.54) is 0 Å². The molecule has 0 aliphatic carbocycles. The van der Waals surface area contributed by atoms with Crippen molar-refractivity contribution in [1.29, 1.82) is 0 Å². The normalized spacial score (nSPS) is 8.22. The zero-order chi connectivity index (χ0) is 17.8. The van der Waals surface area contributed by atoms with E-state index in [1.54, 1.807) is 0 Å². The second kappa shape index (κ2) is 16.8. The van der Waals surface area contributed by atoms with Gasteiger partial charge in [-0.1, -0.05) is 0 Å². The maximum atomic E-state index is 10.3. The fourth-order valence-electron chi connectivity index (χ4n) is 0.714. The van der Waals surface area contributed by atoms with Crippen LogP contribution >= 0.6 is 0 Å². The molecule has 13 nitrogen and oxygen atoms in total. The van der Waals surface area contributed by atoms with Crippen molar-refractivity contribution < 1.29 is 111 Å². The van der Waals surface area contributed by atoms with Gasteiger partial charge in [0.25, 0.3) is 0 Å². The predicted molar refractivity (Wildman–Crippen MR) is 50.5 cm³/mol.